The van der Waals surface area contributed by atoms with E-state index in [4.69, 9.17) is 4.74 Å². The largest absolute Gasteiger partial charge is 0.372 e. The second kappa shape index (κ2) is 9.75. The Morgan fingerprint density at radius 1 is 1.03 bits per heavy atom. The van der Waals surface area contributed by atoms with E-state index in [1.54, 1.807) is 38.1 Å². The number of ether oxygens (including phenoxy) is 1. The molecule has 1 aliphatic rings. The van der Waals surface area contributed by atoms with Crippen molar-refractivity contribution in [2.45, 2.75) is 71.2 Å². The van der Waals surface area contributed by atoms with Gasteiger partial charge < -0.3 is 9.64 Å². The van der Waals surface area contributed by atoms with E-state index >= 15 is 0 Å². The second-order valence-corrected chi connectivity index (χ2v) is 11.9. The van der Waals surface area contributed by atoms with E-state index in [0.29, 0.717) is 17.5 Å². The maximum absolute atomic E-state index is 12.9. The summed E-state index contributed by atoms with van der Waals surface area (Å²) in [4.78, 5) is 15.3. The molecule has 0 bridgehead atoms. The van der Waals surface area contributed by atoms with Gasteiger partial charge in [-0.15, -0.1) is 0 Å². The number of rotatable bonds is 7. The van der Waals surface area contributed by atoms with Crippen molar-refractivity contribution in [2.24, 2.45) is 0 Å². The molecule has 1 aliphatic heterocycles. The first-order valence-corrected chi connectivity index (χ1v) is 13.0. The fraction of sp³-hybridized carbons (Fsp3) is 0.500. The molecule has 32 heavy (non-hydrogen) atoms. The summed E-state index contributed by atoms with van der Waals surface area (Å²) in [6.07, 6.45) is 0.711. The van der Waals surface area contributed by atoms with Gasteiger partial charge in [0.15, 0.2) is 15.6 Å². The Labute approximate surface area is 192 Å². The topological polar surface area (TPSA) is 63.7 Å². The fourth-order valence-corrected chi connectivity index (χ4v) is 5.22. The molecule has 1 fully saturated rings. The third-order valence-corrected chi connectivity index (χ3v) is 8.30. The standard InChI is InChI=1S/C26H35NO4S/c1-17(2)32(29,30)16-22-7-9-23(10-8-22)26(28)13-24-11-19(4)25(12-18(24)3)27-14-20(5)31-21(6)15-27/h7-12,17,20-21H,13-16H2,1-6H3/t20-,21+. The molecule has 2 atom stereocenters. The number of hydrogen-bond donors (Lipinski definition) is 0. The summed E-state index contributed by atoms with van der Waals surface area (Å²) in [5, 5.41) is -0.415. The van der Waals surface area contributed by atoms with Gasteiger partial charge in [0, 0.05) is 30.8 Å². The number of aryl methyl sites for hydroxylation is 2. The first kappa shape index (κ1) is 24.5. The number of carbonyl (C=O) groups is 1. The van der Waals surface area contributed by atoms with Crippen molar-refractivity contribution in [3.63, 3.8) is 0 Å². The van der Waals surface area contributed by atoms with E-state index < -0.39 is 15.1 Å². The highest BCUT2D eigenvalue weighted by Crippen LogP contribution is 2.28. The molecule has 2 aromatic carbocycles. The summed E-state index contributed by atoms with van der Waals surface area (Å²) in [5.74, 6) is 0.0321. The Kier molecular flexibility index (Phi) is 7.46. The molecule has 0 aliphatic carbocycles. The molecule has 0 radical (unpaired) electrons. The van der Waals surface area contributed by atoms with Crippen LogP contribution in [0.25, 0.3) is 0 Å². The van der Waals surface area contributed by atoms with Crippen LogP contribution in [-0.4, -0.2) is 44.7 Å². The van der Waals surface area contributed by atoms with Crippen molar-refractivity contribution in [1.82, 2.24) is 0 Å². The number of ketones is 1. The highest BCUT2D eigenvalue weighted by atomic mass is 32.2. The number of carbonyl (C=O) groups excluding carboxylic acids is 1. The zero-order valence-corrected chi connectivity index (χ0v) is 20.8. The van der Waals surface area contributed by atoms with E-state index in [2.05, 4.69) is 44.7 Å². The van der Waals surface area contributed by atoms with Crippen LogP contribution < -0.4 is 4.90 Å². The molecule has 1 saturated heterocycles. The summed E-state index contributed by atoms with van der Waals surface area (Å²) in [7, 11) is -3.16. The fourth-order valence-electron chi connectivity index (χ4n) is 4.23. The number of sulfone groups is 1. The van der Waals surface area contributed by atoms with Gasteiger partial charge in [-0.1, -0.05) is 30.3 Å². The minimum atomic E-state index is -3.16. The van der Waals surface area contributed by atoms with Gasteiger partial charge >= 0.3 is 0 Å². The lowest BCUT2D eigenvalue weighted by molar-refractivity contribution is -0.00525. The maximum Gasteiger partial charge on any atom is 0.167 e. The molecule has 0 spiro atoms. The van der Waals surface area contributed by atoms with Crippen molar-refractivity contribution in [3.8, 4) is 0 Å². The number of nitrogens with zero attached hydrogens (tertiary/aromatic N) is 1. The van der Waals surface area contributed by atoms with Crippen LogP contribution in [0.1, 0.15) is 60.3 Å². The Bertz CT molecular complexity index is 1060. The van der Waals surface area contributed by atoms with Crippen molar-refractivity contribution in [3.05, 3.63) is 64.2 Å². The Hall–Kier alpha value is -2.18. The van der Waals surface area contributed by atoms with E-state index in [-0.39, 0.29) is 23.7 Å². The molecular formula is C26H35NO4S. The lowest BCUT2D eigenvalue weighted by Crippen LogP contribution is -2.45. The average molecular weight is 458 g/mol. The van der Waals surface area contributed by atoms with Crippen LogP contribution in [-0.2, 0) is 26.7 Å². The zero-order chi connectivity index (χ0) is 23.6. The minimum Gasteiger partial charge on any atom is -0.372 e. The molecule has 0 N–H and O–H groups in total. The minimum absolute atomic E-state index is 0.00231. The smallest absolute Gasteiger partial charge is 0.167 e. The number of Topliss-reactive ketones (excluding diaryl/α,β-unsaturated/α-hetero) is 1. The van der Waals surface area contributed by atoms with Gasteiger partial charge in [-0.3, -0.25) is 4.79 Å². The molecular weight excluding hydrogens is 422 g/mol. The third kappa shape index (κ3) is 5.78. The summed E-state index contributed by atoms with van der Waals surface area (Å²) >= 11 is 0. The summed E-state index contributed by atoms with van der Waals surface area (Å²) in [6.45, 7) is 13.4. The van der Waals surface area contributed by atoms with Crippen molar-refractivity contribution in [2.75, 3.05) is 18.0 Å². The van der Waals surface area contributed by atoms with Gasteiger partial charge in [0.2, 0.25) is 0 Å². The second-order valence-electron chi connectivity index (χ2n) is 9.38. The predicted octanol–water partition coefficient (Wildman–Crippen LogP) is 4.67. The van der Waals surface area contributed by atoms with E-state index in [1.807, 2.05) is 0 Å². The van der Waals surface area contributed by atoms with Gasteiger partial charge in [-0.25, -0.2) is 8.42 Å². The quantitative estimate of drug-likeness (QED) is 0.566. The van der Waals surface area contributed by atoms with Crippen LogP contribution >= 0.6 is 0 Å². The number of morpholine rings is 1. The molecule has 3 rings (SSSR count). The lowest BCUT2D eigenvalue weighted by Gasteiger charge is -2.38. The van der Waals surface area contributed by atoms with Crippen LogP contribution in [0.2, 0.25) is 0 Å². The lowest BCUT2D eigenvalue weighted by atomic mass is 9.96. The van der Waals surface area contributed by atoms with Crippen LogP contribution in [0.4, 0.5) is 5.69 Å². The molecule has 0 unspecified atom stereocenters. The molecule has 174 valence electrons. The summed E-state index contributed by atoms with van der Waals surface area (Å²) < 4.78 is 30.1. The zero-order valence-electron chi connectivity index (χ0n) is 20.0. The van der Waals surface area contributed by atoms with Crippen LogP contribution in [0.15, 0.2) is 36.4 Å². The van der Waals surface area contributed by atoms with Gasteiger partial charge in [-0.2, -0.15) is 0 Å². The number of benzene rings is 2. The van der Waals surface area contributed by atoms with E-state index in [9.17, 15) is 13.2 Å². The highest BCUT2D eigenvalue weighted by molar-refractivity contribution is 7.91. The number of hydrogen-bond acceptors (Lipinski definition) is 5. The van der Waals surface area contributed by atoms with Crippen molar-refractivity contribution >= 4 is 21.3 Å². The third-order valence-electron chi connectivity index (χ3n) is 6.13. The Balaban J connectivity index is 1.73. The van der Waals surface area contributed by atoms with Crippen molar-refractivity contribution < 1.29 is 17.9 Å². The first-order chi connectivity index (χ1) is 15.0. The molecule has 5 nitrogen and oxygen atoms in total. The predicted molar refractivity (Wildman–Crippen MR) is 130 cm³/mol. The van der Waals surface area contributed by atoms with Gasteiger partial charge in [-0.05, 0) is 69.9 Å². The van der Waals surface area contributed by atoms with Crippen LogP contribution in [0.5, 0.6) is 0 Å². The Morgan fingerprint density at radius 2 is 1.62 bits per heavy atom. The van der Waals surface area contributed by atoms with Crippen molar-refractivity contribution in [1.29, 1.82) is 0 Å². The van der Waals surface area contributed by atoms with E-state index in [1.165, 1.54) is 5.69 Å². The maximum atomic E-state index is 12.9. The monoisotopic (exact) mass is 457 g/mol. The van der Waals surface area contributed by atoms with Crippen LogP contribution in [0.3, 0.4) is 0 Å². The molecule has 0 saturated carbocycles. The highest BCUT2D eigenvalue weighted by Gasteiger charge is 2.24. The molecule has 2 aromatic rings. The van der Waals surface area contributed by atoms with Crippen LogP contribution in [0, 0.1) is 13.8 Å². The molecule has 0 amide bonds. The summed E-state index contributed by atoms with van der Waals surface area (Å²) in [5.41, 5.74) is 5.81. The summed E-state index contributed by atoms with van der Waals surface area (Å²) in [6, 6.07) is 11.3. The normalized spacial score (nSPS) is 19.4. The van der Waals surface area contributed by atoms with Gasteiger partial charge in [0.05, 0.1) is 23.2 Å². The molecule has 1 heterocycles. The molecule has 6 heteroatoms. The van der Waals surface area contributed by atoms with E-state index in [0.717, 1.165) is 29.8 Å². The number of anilines is 1. The average Bonchev–Trinajstić information content (AvgIpc) is 2.69. The van der Waals surface area contributed by atoms with Gasteiger partial charge in [0.25, 0.3) is 0 Å². The molecule has 0 aromatic heterocycles. The first-order valence-electron chi connectivity index (χ1n) is 11.3. The Morgan fingerprint density at radius 3 is 2.19 bits per heavy atom. The van der Waals surface area contributed by atoms with Gasteiger partial charge in [0.1, 0.15) is 0 Å². The SMILES string of the molecule is Cc1cc(N2C[C@@H](C)O[C@@H](C)C2)c(C)cc1CC(=O)c1ccc(CS(=O)(=O)C(C)C)cc1.